The molecule has 0 radical (unpaired) electrons. The van der Waals surface area contributed by atoms with Gasteiger partial charge in [0.1, 0.15) is 6.54 Å². The molecule has 9 heteroatoms. The summed E-state index contributed by atoms with van der Waals surface area (Å²) in [6.07, 6.45) is 0. The second-order valence-corrected chi connectivity index (χ2v) is 7.03. The Kier molecular flexibility index (Phi) is 4.56. The lowest BCUT2D eigenvalue weighted by molar-refractivity contribution is -0.123. The summed E-state index contributed by atoms with van der Waals surface area (Å²) < 4.78 is 0. The number of aryl methyl sites for hydroxylation is 1. The zero-order chi connectivity index (χ0) is 19.8. The quantitative estimate of drug-likeness (QED) is 0.802. The Morgan fingerprint density at radius 2 is 1.89 bits per heavy atom. The Balaban J connectivity index is 1.49. The fourth-order valence-electron chi connectivity index (χ4n) is 3.21. The van der Waals surface area contributed by atoms with Crippen molar-refractivity contribution >= 4 is 40.7 Å². The molecule has 28 heavy (non-hydrogen) atoms. The number of fused-ring (bicyclic) bond motifs is 1. The summed E-state index contributed by atoms with van der Waals surface area (Å²) in [4.78, 5) is 38.9. The molecule has 2 aromatic carbocycles. The summed E-state index contributed by atoms with van der Waals surface area (Å²) in [5.41, 5.74) is 2.08. The van der Waals surface area contributed by atoms with Crippen molar-refractivity contribution in [2.75, 3.05) is 16.8 Å². The summed E-state index contributed by atoms with van der Waals surface area (Å²) in [5.74, 6) is -1.32. The predicted molar refractivity (Wildman–Crippen MR) is 103 cm³/mol. The van der Waals surface area contributed by atoms with E-state index in [1.165, 1.54) is 11.1 Å². The topological polar surface area (TPSA) is 94.4 Å². The largest absolute Gasteiger partial charge is 0.324 e. The molecule has 0 spiro atoms. The van der Waals surface area contributed by atoms with Crippen LogP contribution in [0.5, 0.6) is 0 Å². The van der Waals surface area contributed by atoms with Gasteiger partial charge in [-0.3, -0.25) is 19.4 Å². The zero-order valence-electron chi connectivity index (χ0n) is 14.9. The number of nitrogens with zero attached hydrogens (tertiary/aromatic N) is 4. The van der Waals surface area contributed by atoms with Gasteiger partial charge in [0.15, 0.2) is 12.1 Å². The molecule has 2 aromatic rings. The van der Waals surface area contributed by atoms with Gasteiger partial charge in [-0.2, -0.15) is 5.11 Å². The second kappa shape index (κ2) is 7.05. The van der Waals surface area contributed by atoms with Gasteiger partial charge in [-0.25, -0.2) is 4.90 Å². The number of nitrogens with one attached hydrogen (secondary N) is 1. The average molecular weight is 398 g/mol. The number of benzene rings is 2. The minimum atomic E-state index is -0.960. The average Bonchev–Trinajstić information content (AvgIpc) is 3.17. The van der Waals surface area contributed by atoms with Gasteiger partial charge in [-0.1, -0.05) is 40.6 Å². The van der Waals surface area contributed by atoms with Crippen LogP contribution in [0, 0.1) is 6.92 Å². The number of hydrogen-bond acceptors (Lipinski definition) is 6. The highest BCUT2D eigenvalue weighted by atomic mass is 35.5. The van der Waals surface area contributed by atoms with Crippen molar-refractivity contribution < 1.29 is 14.4 Å². The first-order valence-corrected chi connectivity index (χ1v) is 8.99. The van der Waals surface area contributed by atoms with E-state index in [0.29, 0.717) is 16.4 Å². The number of anilines is 2. The molecule has 142 valence electrons. The van der Waals surface area contributed by atoms with Crippen molar-refractivity contribution in [1.82, 2.24) is 5.01 Å². The Morgan fingerprint density at radius 3 is 2.61 bits per heavy atom. The van der Waals surface area contributed by atoms with Gasteiger partial charge in [0.05, 0.1) is 5.69 Å². The molecule has 1 N–H and O–H groups in total. The van der Waals surface area contributed by atoms with Gasteiger partial charge >= 0.3 is 0 Å². The van der Waals surface area contributed by atoms with Crippen LogP contribution in [0.2, 0.25) is 5.02 Å². The number of amides is 3. The molecule has 1 saturated heterocycles. The van der Waals surface area contributed by atoms with Crippen molar-refractivity contribution in [3.63, 3.8) is 0 Å². The van der Waals surface area contributed by atoms with E-state index in [0.717, 1.165) is 10.5 Å². The highest BCUT2D eigenvalue weighted by molar-refractivity contribution is 6.31. The molecular formula is C19H16ClN5O3. The maximum Gasteiger partial charge on any atom is 0.263 e. The van der Waals surface area contributed by atoms with E-state index in [9.17, 15) is 14.4 Å². The van der Waals surface area contributed by atoms with Gasteiger partial charge in [-0.15, -0.1) is 0 Å². The van der Waals surface area contributed by atoms with Gasteiger partial charge in [0.2, 0.25) is 5.91 Å². The molecule has 4 rings (SSSR count). The van der Waals surface area contributed by atoms with Crippen LogP contribution in [0.3, 0.4) is 0 Å². The maximum absolute atomic E-state index is 12.9. The van der Waals surface area contributed by atoms with Gasteiger partial charge in [0.25, 0.3) is 11.8 Å². The molecule has 0 bridgehead atoms. The first kappa shape index (κ1) is 18.1. The molecule has 2 heterocycles. The smallest absolute Gasteiger partial charge is 0.263 e. The predicted octanol–water partition coefficient (Wildman–Crippen LogP) is 2.58. The molecule has 1 fully saturated rings. The molecule has 2 aliphatic rings. The first-order chi connectivity index (χ1) is 13.4. The summed E-state index contributed by atoms with van der Waals surface area (Å²) in [7, 11) is 0. The second-order valence-electron chi connectivity index (χ2n) is 6.60. The van der Waals surface area contributed by atoms with Crippen molar-refractivity contribution in [2.45, 2.75) is 19.0 Å². The Labute approximate surface area is 165 Å². The number of carbonyl (C=O) groups is 3. The fraction of sp³-hybridized carbons (Fsp3) is 0.211. The Bertz CT molecular complexity index is 991. The van der Waals surface area contributed by atoms with Crippen LogP contribution in [0.4, 0.5) is 11.4 Å². The number of hydrogen-bond donors (Lipinski definition) is 1. The Hall–Kier alpha value is -3.26. The van der Waals surface area contributed by atoms with Gasteiger partial charge in [0, 0.05) is 10.7 Å². The van der Waals surface area contributed by atoms with Gasteiger partial charge in [-0.05, 0) is 37.3 Å². The number of imide groups is 1. The van der Waals surface area contributed by atoms with Crippen LogP contribution in [0.25, 0.3) is 0 Å². The number of carbonyl (C=O) groups excluding carboxylic acids is 3. The van der Waals surface area contributed by atoms with E-state index in [1.54, 1.807) is 30.3 Å². The fourth-order valence-corrected chi connectivity index (χ4v) is 3.39. The third-order valence-electron chi connectivity index (χ3n) is 4.57. The maximum atomic E-state index is 12.9. The normalized spacial score (nSPS) is 20.6. The highest BCUT2D eigenvalue weighted by Crippen LogP contribution is 2.32. The van der Waals surface area contributed by atoms with E-state index >= 15 is 0 Å². The van der Waals surface area contributed by atoms with Crippen molar-refractivity contribution in [3.8, 4) is 0 Å². The molecular weight excluding hydrogens is 382 g/mol. The number of rotatable bonds is 4. The molecule has 0 unspecified atom stereocenters. The summed E-state index contributed by atoms with van der Waals surface area (Å²) in [6, 6.07) is 11.9. The summed E-state index contributed by atoms with van der Waals surface area (Å²) >= 11 is 5.97. The lowest BCUT2D eigenvalue weighted by Crippen LogP contribution is -2.43. The van der Waals surface area contributed by atoms with Crippen molar-refractivity contribution in [1.29, 1.82) is 0 Å². The number of halogens is 1. The molecule has 0 saturated carbocycles. The minimum Gasteiger partial charge on any atom is -0.324 e. The van der Waals surface area contributed by atoms with Crippen molar-refractivity contribution in [3.05, 3.63) is 59.1 Å². The molecule has 0 aromatic heterocycles. The van der Waals surface area contributed by atoms with Crippen LogP contribution < -0.4 is 10.2 Å². The molecule has 2 aliphatic heterocycles. The zero-order valence-corrected chi connectivity index (χ0v) is 15.6. The van der Waals surface area contributed by atoms with Crippen LogP contribution in [-0.2, 0) is 14.4 Å². The minimum absolute atomic E-state index is 0.194. The molecule has 8 nitrogen and oxygen atoms in total. The first-order valence-electron chi connectivity index (χ1n) is 8.61. The molecule has 2 atom stereocenters. The van der Waals surface area contributed by atoms with Gasteiger partial charge < -0.3 is 5.32 Å². The van der Waals surface area contributed by atoms with E-state index in [1.807, 2.05) is 19.1 Å². The standard InChI is InChI=1S/C19H16ClN5O3/c1-11-5-7-13(8-6-11)21-15(26)10-24-17-16(22-23-24)18(27)25(19(17)28)14-4-2-3-12(20)9-14/h2-9,16-17H,10H2,1H3,(H,21,26)/t16-,17-/m0/s1. The lowest BCUT2D eigenvalue weighted by Gasteiger charge is -2.20. The van der Waals surface area contributed by atoms with E-state index in [4.69, 9.17) is 11.6 Å². The monoisotopic (exact) mass is 397 g/mol. The highest BCUT2D eigenvalue weighted by Gasteiger charge is 2.55. The third-order valence-corrected chi connectivity index (χ3v) is 4.80. The lowest BCUT2D eigenvalue weighted by atomic mass is 10.1. The third kappa shape index (κ3) is 3.22. The van der Waals surface area contributed by atoms with Crippen molar-refractivity contribution in [2.24, 2.45) is 10.3 Å². The molecule has 0 aliphatic carbocycles. The van der Waals surface area contributed by atoms with Crippen LogP contribution in [0.1, 0.15) is 5.56 Å². The molecule has 3 amide bonds. The Morgan fingerprint density at radius 1 is 1.14 bits per heavy atom. The SMILES string of the molecule is Cc1ccc(NC(=O)CN2N=N[C@@H]3C(=O)N(c4cccc(Cl)c4)C(=O)[C@H]32)cc1. The van der Waals surface area contributed by atoms with Crippen LogP contribution in [0.15, 0.2) is 58.9 Å². The van der Waals surface area contributed by atoms with E-state index in [2.05, 4.69) is 15.7 Å². The summed E-state index contributed by atoms with van der Waals surface area (Å²) in [6.45, 7) is 1.76. The van der Waals surface area contributed by atoms with E-state index < -0.39 is 23.9 Å². The van der Waals surface area contributed by atoms with Crippen LogP contribution >= 0.6 is 11.6 Å². The van der Waals surface area contributed by atoms with E-state index in [-0.39, 0.29) is 12.5 Å². The van der Waals surface area contributed by atoms with Crippen LogP contribution in [-0.4, -0.2) is 41.4 Å². The summed E-state index contributed by atoms with van der Waals surface area (Å²) in [5, 5.41) is 12.2.